The van der Waals surface area contributed by atoms with Crippen LogP contribution >= 0.6 is 0 Å². The van der Waals surface area contributed by atoms with Crippen LogP contribution in [-0.2, 0) is 11.3 Å². The molecule has 16 heavy (non-hydrogen) atoms. The average Bonchev–Trinajstić information content (AvgIpc) is 2.19. The van der Waals surface area contributed by atoms with Crippen molar-refractivity contribution < 1.29 is 4.79 Å². The maximum Gasteiger partial charge on any atom is 0.229 e. The minimum atomic E-state index is -0.384. The number of anilines is 1. The Hall–Kier alpha value is -1.35. The van der Waals surface area contributed by atoms with Crippen LogP contribution in [0, 0.1) is 12.3 Å². The highest BCUT2D eigenvalue weighted by molar-refractivity contribution is 5.95. The minimum Gasteiger partial charge on any atom is -0.326 e. The van der Waals surface area contributed by atoms with Crippen molar-refractivity contribution in [3.8, 4) is 0 Å². The zero-order chi connectivity index (χ0) is 12.3. The number of nitrogens with one attached hydrogen (secondary N) is 1. The Morgan fingerprint density at radius 3 is 2.50 bits per heavy atom. The van der Waals surface area contributed by atoms with Crippen LogP contribution in [0.2, 0.25) is 0 Å². The minimum absolute atomic E-state index is 0.0183. The van der Waals surface area contributed by atoms with Crippen molar-refractivity contribution in [1.29, 1.82) is 0 Å². The van der Waals surface area contributed by atoms with Crippen LogP contribution in [0.4, 0.5) is 5.69 Å². The van der Waals surface area contributed by atoms with Crippen molar-refractivity contribution >= 4 is 11.6 Å². The van der Waals surface area contributed by atoms with Crippen LogP contribution in [0.1, 0.15) is 31.9 Å². The monoisotopic (exact) mass is 220 g/mol. The molecule has 0 atom stereocenters. The molecular formula is C13H20N2O. The van der Waals surface area contributed by atoms with E-state index < -0.39 is 0 Å². The van der Waals surface area contributed by atoms with Crippen LogP contribution in [0.5, 0.6) is 0 Å². The number of carbonyl (C=O) groups is 1. The van der Waals surface area contributed by atoms with E-state index in [0.717, 1.165) is 16.8 Å². The molecule has 0 aliphatic heterocycles. The zero-order valence-electron chi connectivity index (χ0n) is 10.4. The van der Waals surface area contributed by atoms with Gasteiger partial charge in [0, 0.05) is 17.6 Å². The van der Waals surface area contributed by atoms with E-state index in [1.54, 1.807) is 0 Å². The summed E-state index contributed by atoms with van der Waals surface area (Å²) < 4.78 is 0. The molecule has 3 nitrogen and oxygen atoms in total. The lowest BCUT2D eigenvalue weighted by Crippen LogP contribution is -2.28. The highest BCUT2D eigenvalue weighted by Gasteiger charge is 2.21. The second-order valence-corrected chi connectivity index (χ2v) is 5.06. The van der Waals surface area contributed by atoms with Gasteiger partial charge in [0.15, 0.2) is 0 Å². The lowest BCUT2D eigenvalue weighted by Gasteiger charge is -2.19. The third-order valence-electron chi connectivity index (χ3n) is 2.47. The van der Waals surface area contributed by atoms with Crippen molar-refractivity contribution in [2.75, 3.05) is 5.32 Å². The molecule has 88 valence electrons. The number of hydrogen-bond acceptors (Lipinski definition) is 2. The van der Waals surface area contributed by atoms with Crippen molar-refractivity contribution in [3.05, 3.63) is 29.3 Å². The number of rotatable bonds is 2. The van der Waals surface area contributed by atoms with Crippen LogP contribution in [0.15, 0.2) is 18.2 Å². The molecule has 0 saturated carbocycles. The summed E-state index contributed by atoms with van der Waals surface area (Å²) >= 11 is 0. The molecule has 0 unspecified atom stereocenters. The molecule has 1 rings (SSSR count). The second-order valence-electron chi connectivity index (χ2n) is 5.06. The molecule has 1 amide bonds. The molecule has 0 fully saturated rings. The van der Waals surface area contributed by atoms with Gasteiger partial charge in [-0.25, -0.2) is 0 Å². The molecule has 3 heteroatoms. The summed E-state index contributed by atoms with van der Waals surface area (Å²) in [7, 11) is 0. The van der Waals surface area contributed by atoms with Gasteiger partial charge in [0.25, 0.3) is 0 Å². The van der Waals surface area contributed by atoms with Crippen molar-refractivity contribution in [1.82, 2.24) is 0 Å². The Labute approximate surface area is 97.0 Å². The molecule has 0 heterocycles. The van der Waals surface area contributed by atoms with Gasteiger partial charge >= 0.3 is 0 Å². The van der Waals surface area contributed by atoms with Crippen LogP contribution in [0.3, 0.4) is 0 Å². The normalized spacial score (nSPS) is 11.3. The van der Waals surface area contributed by atoms with Gasteiger partial charge in [0.1, 0.15) is 0 Å². The Kier molecular flexibility index (Phi) is 3.70. The Morgan fingerprint density at radius 2 is 2.00 bits per heavy atom. The fraction of sp³-hybridized carbons (Fsp3) is 0.462. The fourth-order valence-corrected chi connectivity index (χ4v) is 1.24. The smallest absolute Gasteiger partial charge is 0.229 e. The first-order chi connectivity index (χ1) is 7.34. The van der Waals surface area contributed by atoms with E-state index in [9.17, 15) is 4.79 Å². The highest BCUT2D eigenvalue weighted by Crippen LogP contribution is 2.21. The second kappa shape index (κ2) is 4.66. The molecular weight excluding hydrogens is 200 g/mol. The van der Waals surface area contributed by atoms with Gasteiger partial charge in [-0.05, 0) is 24.1 Å². The first kappa shape index (κ1) is 12.7. The van der Waals surface area contributed by atoms with E-state index in [1.165, 1.54) is 0 Å². The number of amides is 1. The van der Waals surface area contributed by atoms with E-state index >= 15 is 0 Å². The van der Waals surface area contributed by atoms with Crippen molar-refractivity contribution in [2.45, 2.75) is 34.2 Å². The molecule has 0 bridgehead atoms. The summed E-state index contributed by atoms with van der Waals surface area (Å²) in [6.45, 7) is 8.14. The quantitative estimate of drug-likeness (QED) is 0.804. The van der Waals surface area contributed by atoms with E-state index in [1.807, 2.05) is 45.9 Å². The molecule has 3 N–H and O–H groups in total. The van der Waals surface area contributed by atoms with Crippen LogP contribution in [-0.4, -0.2) is 5.91 Å². The maximum absolute atomic E-state index is 11.8. The van der Waals surface area contributed by atoms with Crippen LogP contribution < -0.4 is 11.1 Å². The van der Waals surface area contributed by atoms with Gasteiger partial charge in [-0.1, -0.05) is 32.9 Å². The number of nitrogens with two attached hydrogens (primary N) is 1. The summed E-state index contributed by atoms with van der Waals surface area (Å²) in [6, 6.07) is 5.88. The summed E-state index contributed by atoms with van der Waals surface area (Å²) in [6.07, 6.45) is 0. The number of aryl methyl sites for hydroxylation is 1. The third kappa shape index (κ3) is 3.07. The van der Waals surface area contributed by atoms with Gasteiger partial charge in [-0.3, -0.25) is 4.79 Å². The lowest BCUT2D eigenvalue weighted by atomic mass is 9.95. The number of hydrogen-bond donors (Lipinski definition) is 2. The van der Waals surface area contributed by atoms with E-state index in [0.29, 0.717) is 6.54 Å². The van der Waals surface area contributed by atoms with Crippen molar-refractivity contribution in [3.63, 3.8) is 0 Å². The number of carbonyl (C=O) groups excluding carboxylic acids is 1. The van der Waals surface area contributed by atoms with Gasteiger partial charge in [-0.2, -0.15) is 0 Å². The SMILES string of the molecule is Cc1ccc(CN)cc1NC(=O)C(C)(C)C. The predicted molar refractivity (Wildman–Crippen MR) is 67.2 cm³/mol. The largest absolute Gasteiger partial charge is 0.326 e. The first-order valence-electron chi connectivity index (χ1n) is 5.45. The van der Waals surface area contributed by atoms with Gasteiger partial charge in [0.05, 0.1) is 0 Å². The van der Waals surface area contributed by atoms with E-state index in [2.05, 4.69) is 5.32 Å². The molecule has 0 spiro atoms. The van der Waals surface area contributed by atoms with Gasteiger partial charge in [0.2, 0.25) is 5.91 Å². The fourth-order valence-electron chi connectivity index (χ4n) is 1.24. The topological polar surface area (TPSA) is 55.1 Å². The number of benzene rings is 1. The van der Waals surface area contributed by atoms with E-state index in [-0.39, 0.29) is 11.3 Å². The predicted octanol–water partition coefficient (Wildman–Crippen LogP) is 2.44. The third-order valence-corrected chi connectivity index (χ3v) is 2.47. The Balaban J connectivity index is 2.92. The highest BCUT2D eigenvalue weighted by atomic mass is 16.2. The lowest BCUT2D eigenvalue weighted by molar-refractivity contribution is -0.123. The molecule has 0 radical (unpaired) electrons. The molecule has 1 aromatic rings. The molecule has 0 aliphatic rings. The van der Waals surface area contributed by atoms with Gasteiger partial charge < -0.3 is 11.1 Å². The first-order valence-corrected chi connectivity index (χ1v) is 5.45. The Morgan fingerprint density at radius 1 is 1.38 bits per heavy atom. The summed E-state index contributed by atoms with van der Waals surface area (Å²) in [4.78, 5) is 11.8. The summed E-state index contributed by atoms with van der Waals surface area (Å²) in [5.41, 5.74) is 8.11. The summed E-state index contributed by atoms with van der Waals surface area (Å²) in [5.74, 6) is 0.0183. The molecule has 0 aliphatic carbocycles. The average molecular weight is 220 g/mol. The van der Waals surface area contributed by atoms with Crippen molar-refractivity contribution in [2.24, 2.45) is 11.1 Å². The van der Waals surface area contributed by atoms with E-state index in [4.69, 9.17) is 5.73 Å². The maximum atomic E-state index is 11.8. The van der Waals surface area contributed by atoms with Gasteiger partial charge in [-0.15, -0.1) is 0 Å². The standard InChI is InChI=1S/C13H20N2O/c1-9-5-6-10(8-14)7-11(9)15-12(16)13(2,3)4/h5-7H,8,14H2,1-4H3,(H,15,16). The zero-order valence-corrected chi connectivity index (χ0v) is 10.4. The molecule has 0 aromatic heterocycles. The molecule has 1 aromatic carbocycles. The molecule has 0 saturated heterocycles. The van der Waals surface area contributed by atoms with Crippen LogP contribution in [0.25, 0.3) is 0 Å². The summed E-state index contributed by atoms with van der Waals surface area (Å²) in [5, 5.41) is 2.93. The Bertz CT molecular complexity index is 391.